The molecular weight excluding hydrogens is 450 g/mol. The van der Waals surface area contributed by atoms with Gasteiger partial charge < -0.3 is 15.0 Å². The lowest BCUT2D eigenvalue weighted by Crippen LogP contribution is -2.43. The maximum absolute atomic E-state index is 12.5. The Kier molecular flexibility index (Phi) is 6.77. The second kappa shape index (κ2) is 9.88. The molecule has 0 fully saturated rings. The average molecular weight is 470 g/mol. The predicted molar refractivity (Wildman–Crippen MR) is 124 cm³/mol. The number of ether oxygens (including phenoxy) is 1. The molecule has 8 nitrogen and oxygen atoms in total. The number of para-hydroxylation sites is 1. The van der Waals surface area contributed by atoms with Crippen LogP contribution in [0.5, 0.6) is 0 Å². The maximum Gasteiger partial charge on any atom is 0.328 e. The van der Waals surface area contributed by atoms with Gasteiger partial charge in [0.05, 0.1) is 12.9 Å². The molecule has 3 N–H and O–H groups in total. The third kappa shape index (κ3) is 5.12. The number of halogens is 1. The van der Waals surface area contributed by atoms with Crippen LogP contribution in [0.1, 0.15) is 5.56 Å². The zero-order valence-electron chi connectivity index (χ0n) is 17.1. The van der Waals surface area contributed by atoms with Crippen molar-refractivity contribution in [1.82, 2.24) is 25.5 Å². The summed E-state index contributed by atoms with van der Waals surface area (Å²) in [7, 11) is 1.30. The normalized spacial score (nSPS) is 11.9. The molecule has 0 aliphatic heterocycles. The molecule has 0 bridgehead atoms. The number of carbonyl (C=O) groups is 2. The largest absolute Gasteiger partial charge is 0.467 e. The van der Waals surface area contributed by atoms with E-state index in [0.29, 0.717) is 22.4 Å². The SMILES string of the molecule is COC(=O)C(Cc1c[nH]c2ccccc12)NC(=O)CSc1n[nH]c(-c2ccc(Cl)cc2)n1. The Bertz CT molecular complexity index is 1240. The molecule has 2 aromatic carbocycles. The Morgan fingerprint density at radius 1 is 1.19 bits per heavy atom. The minimum absolute atomic E-state index is 0.0549. The van der Waals surface area contributed by atoms with Crippen molar-refractivity contribution in [2.45, 2.75) is 17.6 Å². The summed E-state index contributed by atoms with van der Waals surface area (Å²) in [6.45, 7) is 0. The number of fused-ring (bicyclic) bond motifs is 1. The third-order valence-corrected chi connectivity index (χ3v) is 5.93. The van der Waals surface area contributed by atoms with Crippen molar-refractivity contribution in [2.75, 3.05) is 12.9 Å². The summed E-state index contributed by atoms with van der Waals surface area (Å²) in [4.78, 5) is 32.4. The predicted octanol–water partition coefficient (Wildman–Crippen LogP) is 3.60. The number of amides is 1. The van der Waals surface area contributed by atoms with Gasteiger partial charge in [0, 0.05) is 34.1 Å². The minimum Gasteiger partial charge on any atom is -0.467 e. The summed E-state index contributed by atoms with van der Waals surface area (Å²) in [5.74, 6) is -0.185. The number of carbonyl (C=O) groups excluding carboxylic acids is 2. The molecule has 0 spiro atoms. The second-order valence-electron chi connectivity index (χ2n) is 6.97. The first-order valence-electron chi connectivity index (χ1n) is 9.77. The topological polar surface area (TPSA) is 113 Å². The van der Waals surface area contributed by atoms with Gasteiger partial charge >= 0.3 is 5.97 Å². The number of benzene rings is 2. The summed E-state index contributed by atoms with van der Waals surface area (Å²) >= 11 is 7.08. The molecular formula is C22H20ClN5O3S. The number of thioether (sulfide) groups is 1. The van der Waals surface area contributed by atoms with E-state index in [1.807, 2.05) is 42.6 Å². The fourth-order valence-corrected chi connectivity index (χ4v) is 4.01. The first-order valence-corrected chi connectivity index (χ1v) is 11.1. The van der Waals surface area contributed by atoms with Crippen LogP contribution in [0.25, 0.3) is 22.3 Å². The van der Waals surface area contributed by atoms with Crippen molar-refractivity contribution in [1.29, 1.82) is 0 Å². The quantitative estimate of drug-likeness (QED) is 0.268. The van der Waals surface area contributed by atoms with Gasteiger partial charge in [-0.15, -0.1) is 5.10 Å². The Morgan fingerprint density at radius 3 is 2.75 bits per heavy atom. The lowest BCUT2D eigenvalue weighted by molar-refractivity contribution is -0.144. The lowest BCUT2D eigenvalue weighted by Gasteiger charge is -2.16. The van der Waals surface area contributed by atoms with Crippen molar-refractivity contribution >= 4 is 46.1 Å². The molecule has 4 aromatic rings. The highest BCUT2D eigenvalue weighted by Crippen LogP contribution is 2.22. The van der Waals surface area contributed by atoms with E-state index >= 15 is 0 Å². The van der Waals surface area contributed by atoms with Crippen molar-refractivity contribution in [2.24, 2.45) is 0 Å². The number of aromatic amines is 2. The van der Waals surface area contributed by atoms with E-state index < -0.39 is 12.0 Å². The van der Waals surface area contributed by atoms with Crippen LogP contribution in [0.3, 0.4) is 0 Å². The summed E-state index contributed by atoms with van der Waals surface area (Å²) in [6.07, 6.45) is 2.15. The van der Waals surface area contributed by atoms with Crippen molar-refractivity contribution < 1.29 is 14.3 Å². The summed E-state index contributed by atoms with van der Waals surface area (Å²) < 4.78 is 4.89. The van der Waals surface area contributed by atoms with E-state index in [0.717, 1.165) is 22.0 Å². The van der Waals surface area contributed by atoms with Crippen molar-refractivity contribution in [3.05, 3.63) is 65.3 Å². The van der Waals surface area contributed by atoms with Gasteiger partial charge in [-0.05, 0) is 35.9 Å². The molecule has 1 atom stereocenters. The monoisotopic (exact) mass is 469 g/mol. The lowest BCUT2D eigenvalue weighted by atomic mass is 10.0. The minimum atomic E-state index is -0.802. The number of rotatable bonds is 8. The molecule has 2 heterocycles. The molecule has 0 saturated carbocycles. The van der Waals surface area contributed by atoms with Crippen LogP contribution in [0.15, 0.2) is 59.9 Å². The van der Waals surface area contributed by atoms with Crippen LogP contribution in [-0.4, -0.2) is 50.9 Å². The molecule has 0 radical (unpaired) electrons. The van der Waals surface area contributed by atoms with Gasteiger partial charge in [0.2, 0.25) is 11.1 Å². The zero-order valence-corrected chi connectivity index (χ0v) is 18.7. The van der Waals surface area contributed by atoms with E-state index in [-0.39, 0.29) is 11.7 Å². The van der Waals surface area contributed by atoms with E-state index in [9.17, 15) is 9.59 Å². The molecule has 4 rings (SSSR count). The van der Waals surface area contributed by atoms with Crippen LogP contribution in [0.4, 0.5) is 0 Å². The number of nitrogens with one attached hydrogen (secondary N) is 3. The van der Waals surface area contributed by atoms with Gasteiger partial charge in [-0.2, -0.15) is 0 Å². The third-order valence-electron chi connectivity index (χ3n) is 4.83. The summed E-state index contributed by atoms with van der Waals surface area (Å²) in [6, 6.07) is 14.2. The molecule has 32 heavy (non-hydrogen) atoms. The molecule has 0 aliphatic rings. The van der Waals surface area contributed by atoms with Gasteiger partial charge in [-0.3, -0.25) is 9.89 Å². The van der Waals surface area contributed by atoms with E-state index in [4.69, 9.17) is 16.3 Å². The number of nitrogens with zero attached hydrogens (tertiary/aromatic N) is 2. The zero-order chi connectivity index (χ0) is 22.5. The summed E-state index contributed by atoms with van der Waals surface area (Å²) in [5.41, 5.74) is 2.72. The Balaban J connectivity index is 1.37. The average Bonchev–Trinajstić information content (AvgIpc) is 3.45. The molecule has 1 amide bonds. The molecule has 1 unspecified atom stereocenters. The molecule has 164 valence electrons. The standard InChI is InChI=1S/C22H20ClN5O3S/c1-31-21(30)18(10-14-11-24-17-5-3-2-4-16(14)17)25-19(29)12-32-22-26-20(27-28-22)13-6-8-15(23)9-7-13/h2-9,11,18,24H,10,12H2,1H3,(H,25,29)(H,26,27,28). The van der Waals surface area contributed by atoms with E-state index in [1.54, 1.807) is 12.1 Å². The maximum atomic E-state index is 12.5. The van der Waals surface area contributed by atoms with Gasteiger partial charge in [-0.1, -0.05) is 41.6 Å². The van der Waals surface area contributed by atoms with E-state index in [1.165, 1.54) is 18.9 Å². The number of methoxy groups -OCH3 is 1. The fraction of sp³-hybridized carbons (Fsp3) is 0.182. The highest BCUT2D eigenvalue weighted by Gasteiger charge is 2.23. The highest BCUT2D eigenvalue weighted by atomic mass is 35.5. The number of esters is 1. The highest BCUT2D eigenvalue weighted by molar-refractivity contribution is 7.99. The van der Waals surface area contributed by atoms with Crippen LogP contribution >= 0.6 is 23.4 Å². The molecule has 2 aromatic heterocycles. The Hall–Kier alpha value is -3.30. The van der Waals surface area contributed by atoms with Crippen LogP contribution in [0.2, 0.25) is 5.02 Å². The van der Waals surface area contributed by atoms with E-state index in [2.05, 4.69) is 25.5 Å². The Labute approximate surface area is 193 Å². The first kappa shape index (κ1) is 21.9. The summed E-state index contributed by atoms with van der Waals surface area (Å²) in [5, 5.41) is 11.8. The fourth-order valence-electron chi connectivity index (χ4n) is 3.27. The smallest absolute Gasteiger partial charge is 0.328 e. The Morgan fingerprint density at radius 2 is 1.97 bits per heavy atom. The first-order chi connectivity index (χ1) is 15.5. The molecule has 0 saturated heterocycles. The van der Waals surface area contributed by atoms with Crippen LogP contribution in [0, 0.1) is 0 Å². The van der Waals surface area contributed by atoms with Gasteiger partial charge in [0.15, 0.2) is 5.82 Å². The van der Waals surface area contributed by atoms with Crippen molar-refractivity contribution in [3.8, 4) is 11.4 Å². The number of hydrogen-bond donors (Lipinski definition) is 3. The number of H-pyrrole nitrogens is 2. The van der Waals surface area contributed by atoms with Crippen LogP contribution < -0.4 is 5.32 Å². The van der Waals surface area contributed by atoms with Crippen LogP contribution in [-0.2, 0) is 20.7 Å². The molecule has 10 heteroatoms. The van der Waals surface area contributed by atoms with Gasteiger partial charge in [-0.25, -0.2) is 9.78 Å². The second-order valence-corrected chi connectivity index (χ2v) is 8.35. The van der Waals surface area contributed by atoms with Crippen molar-refractivity contribution in [3.63, 3.8) is 0 Å². The number of hydrogen-bond acceptors (Lipinski definition) is 6. The van der Waals surface area contributed by atoms with Gasteiger partial charge in [0.25, 0.3) is 0 Å². The number of aromatic nitrogens is 4. The van der Waals surface area contributed by atoms with Gasteiger partial charge in [0.1, 0.15) is 6.04 Å². The molecule has 0 aliphatic carbocycles.